The second-order valence-electron chi connectivity index (χ2n) is 6.59. The molecule has 0 atom stereocenters. The smallest absolute Gasteiger partial charge is 0.217 e. The summed E-state index contributed by atoms with van der Waals surface area (Å²) in [5, 5.41) is 0. The first kappa shape index (κ1) is 16.3. The zero-order valence-electron chi connectivity index (χ0n) is 14.5. The number of nitrogens with two attached hydrogens (primary N) is 1. The molecule has 0 aromatic heterocycles. The Morgan fingerprint density at radius 1 is 0.923 bits per heavy atom. The Morgan fingerprint density at radius 3 is 2.54 bits per heavy atom. The highest BCUT2D eigenvalue weighted by molar-refractivity contribution is 5.86. The van der Waals surface area contributed by atoms with Crippen LogP contribution in [0.2, 0.25) is 0 Å². The number of benzene rings is 3. The van der Waals surface area contributed by atoms with Crippen LogP contribution in [0.1, 0.15) is 23.1 Å². The molecule has 0 unspecified atom stereocenters. The van der Waals surface area contributed by atoms with Crippen LogP contribution in [-0.2, 0) is 17.8 Å². The Bertz CT molecular complexity index is 990. The van der Waals surface area contributed by atoms with Gasteiger partial charge in [-0.3, -0.25) is 9.79 Å². The molecule has 128 valence electrons. The summed E-state index contributed by atoms with van der Waals surface area (Å²) in [7, 11) is 0. The molecule has 0 saturated heterocycles. The number of aryl methyl sites for hydroxylation is 1. The minimum absolute atomic E-state index is 0.275. The molecule has 0 radical (unpaired) electrons. The van der Waals surface area contributed by atoms with E-state index in [9.17, 15) is 4.79 Å². The minimum Gasteiger partial charge on any atom is -0.370 e. The maximum Gasteiger partial charge on any atom is 0.217 e. The van der Waals surface area contributed by atoms with Gasteiger partial charge in [-0.1, -0.05) is 60.7 Å². The number of aliphatic imine (C=N–C) groups is 1. The van der Waals surface area contributed by atoms with Crippen LogP contribution in [0.3, 0.4) is 0 Å². The van der Waals surface area contributed by atoms with Gasteiger partial charge < -0.3 is 5.73 Å². The van der Waals surface area contributed by atoms with Crippen molar-refractivity contribution in [2.24, 2.45) is 10.7 Å². The topological polar surface area (TPSA) is 55.5 Å². The number of fused-ring (bicyclic) bond motifs is 1. The molecule has 3 aromatic carbocycles. The molecule has 1 amide bonds. The third-order valence-electron chi connectivity index (χ3n) is 4.80. The second-order valence-corrected chi connectivity index (χ2v) is 6.59. The van der Waals surface area contributed by atoms with E-state index in [0.717, 1.165) is 28.8 Å². The highest BCUT2D eigenvalue weighted by Crippen LogP contribution is 2.31. The maximum absolute atomic E-state index is 11.3. The Labute approximate surface area is 153 Å². The van der Waals surface area contributed by atoms with Gasteiger partial charge in [0.25, 0.3) is 0 Å². The van der Waals surface area contributed by atoms with Crippen molar-refractivity contribution in [1.29, 1.82) is 0 Å². The van der Waals surface area contributed by atoms with Crippen LogP contribution < -0.4 is 5.73 Å². The molecule has 3 aromatic rings. The Kier molecular flexibility index (Phi) is 4.36. The van der Waals surface area contributed by atoms with Crippen molar-refractivity contribution >= 4 is 12.1 Å². The summed E-state index contributed by atoms with van der Waals surface area (Å²) in [4.78, 5) is 15.7. The SMILES string of the molecule is NC(=O)CCc1cc(-c2ccccc2)ccc1-c1ccc2c(c1)CN=C2. The zero-order valence-corrected chi connectivity index (χ0v) is 14.5. The number of carbonyl (C=O) groups is 1. The van der Waals surface area contributed by atoms with Gasteiger partial charge in [-0.05, 0) is 51.4 Å². The molecule has 0 spiro atoms. The number of primary amides is 1. The number of hydrogen-bond donors (Lipinski definition) is 1. The van der Waals surface area contributed by atoms with E-state index in [0.29, 0.717) is 12.8 Å². The third-order valence-corrected chi connectivity index (χ3v) is 4.80. The van der Waals surface area contributed by atoms with Crippen molar-refractivity contribution in [3.8, 4) is 22.3 Å². The quantitative estimate of drug-likeness (QED) is 0.736. The largest absolute Gasteiger partial charge is 0.370 e. The minimum atomic E-state index is -0.275. The molecule has 0 fully saturated rings. The molecule has 1 aliphatic rings. The van der Waals surface area contributed by atoms with E-state index in [1.807, 2.05) is 24.4 Å². The number of amides is 1. The van der Waals surface area contributed by atoms with Gasteiger partial charge in [0.1, 0.15) is 0 Å². The van der Waals surface area contributed by atoms with Crippen LogP contribution in [0.4, 0.5) is 0 Å². The molecule has 4 rings (SSSR count). The lowest BCUT2D eigenvalue weighted by Gasteiger charge is -2.13. The van der Waals surface area contributed by atoms with Gasteiger partial charge in [0.15, 0.2) is 0 Å². The van der Waals surface area contributed by atoms with E-state index in [4.69, 9.17) is 5.73 Å². The first-order valence-corrected chi connectivity index (χ1v) is 8.80. The lowest BCUT2D eigenvalue weighted by atomic mass is 9.91. The van der Waals surface area contributed by atoms with E-state index >= 15 is 0 Å². The molecule has 2 N–H and O–H groups in total. The van der Waals surface area contributed by atoms with Crippen molar-refractivity contribution < 1.29 is 4.79 Å². The van der Waals surface area contributed by atoms with E-state index in [1.54, 1.807) is 0 Å². The van der Waals surface area contributed by atoms with Crippen molar-refractivity contribution in [1.82, 2.24) is 0 Å². The maximum atomic E-state index is 11.3. The predicted octanol–water partition coefficient (Wildman–Crippen LogP) is 4.37. The van der Waals surface area contributed by atoms with Crippen molar-refractivity contribution in [2.45, 2.75) is 19.4 Å². The van der Waals surface area contributed by atoms with Crippen LogP contribution in [0.5, 0.6) is 0 Å². The molecule has 1 aliphatic heterocycles. The fourth-order valence-electron chi connectivity index (χ4n) is 3.43. The average molecular weight is 340 g/mol. The van der Waals surface area contributed by atoms with Crippen LogP contribution in [0.25, 0.3) is 22.3 Å². The summed E-state index contributed by atoms with van der Waals surface area (Å²) in [6.45, 7) is 0.738. The van der Waals surface area contributed by atoms with Gasteiger partial charge in [-0.15, -0.1) is 0 Å². The van der Waals surface area contributed by atoms with Crippen LogP contribution in [0.15, 0.2) is 71.7 Å². The summed E-state index contributed by atoms with van der Waals surface area (Å²) in [6, 6.07) is 23.2. The van der Waals surface area contributed by atoms with E-state index in [2.05, 4.69) is 53.5 Å². The number of rotatable bonds is 5. The Morgan fingerprint density at radius 2 is 1.73 bits per heavy atom. The normalized spacial score (nSPS) is 12.2. The van der Waals surface area contributed by atoms with E-state index in [1.165, 1.54) is 16.7 Å². The lowest BCUT2D eigenvalue weighted by molar-refractivity contribution is -0.117. The highest BCUT2D eigenvalue weighted by Gasteiger charge is 2.12. The van der Waals surface area contributed by atoms with E-state index in [-0.39, 0.29) is 5.91 Å². The molecular formula is C23H20N2O. The summed E-state index contributed by atoms with van der Waals surface area (Å²) in [6.07, 6.45) is 2.91. The van der Waals surface area contributed by atoms with Gasteiger partial charge in [-0.25, -0.2) is 0 Å². The fraction of sp³-hybridized carbons (Fsp3) is 0.130. The highest BCUT2D eigenvalue weighted by atomic mass is 16.1. The monoisotopic (exact) mass is 340 g/mol. The van der Waals surface area contributed by atoms with Crippen molar-refractivity contribution in [2.75, 3.05) is 0 Å². The lowest BCUT2D eigenvalue weighted by Crippen LogP contribution is -2.11. The summed E-state index contributed by atoms with van der Waals surface area (Å²) in [5.74, 6) is -0.275. The van der Waals surface area contributed by atoms with Crippen LogP contribution in [0, 0.1) is 0 Å². The third kappa shape index (κ3) is 3.29. The molecule has 0 aliphatic carbocycles. The molecule has 26 heavy (non-hydrogen) atoms. The molecule has 3 nitrogen and oxygen atoms in total. The first-order valence-electron chi connectivity index (χ1n) is 8.80. The Balaban J connectivity index is 1.76. The summed E-state index contributed by atoms with van der Waals surface area (Å²) in [5.41, 5.74) is 13.6. The van der Waals surface area contributed by atoms with Gasteiger partial charge in [0.05, 0.1) is 6.54 Å². The van der Waals surface area contributed by atoms with Crippen molar-refractivity contribution in [3.05, 3.63) is 83.4 Å². The van der Waals surface area contributed by atoms with E-state index < -0.39 is 0 Å². The number of hydrogen-bond acceptors (Lipinski definition) is 2. The van der Waals surface area contributed by atoms with Gasteiger partial charge in [0, 0.05) is 12.6 Å². The molecule has 1 heterocycles. The molecule has 0 bridgehead atoms. The second kappa shape index (κ2) is 6.96. The summed E-state index contributed by atoms with van der Waals surface area (Å²) >= 11 is 0. The van der Waals surface area contributed by atoms with Gasteiger partial charge >= 0.3 is 0 Å². The van der Waals surface area contributed by atoms with Gasteiger partial charge in [0.2, 0.25) is 5.91 Å². The predicted molar refractivity (Wildman–Crippen MR) is 106 cm³/mol. The summed E-state index contributed by atoms with van der Waals surface area (Å²) < 4.78 is 0. The van der Waals surface area contributed by atoms with Crippen LogP contribution >= 0.6 is 0 Å². The molecule has 0 saturated carbocycles. The fourth-order valence-corrected chi connectivity index (χ4v) is 3.43. The number of carbonyl (C=O) groups excluding carboxylic acids is 1. The Hall–Kier alpha value is -3.20. The van der Waals surface area contributed by atoms with Crippen LogP contribution in [-0.4, -0.2) is 12.1 Å². The number of nitrogens with zero attached hydrogens (tertiary/aromatic N) is 1. The van der Waals surface area contributed by atoms with Crippen molar-refractivity contribution in [3.63, 3.8) is 0 Å². The van der Waals surface area contributed by atoms with Gasteiger partial charge in [-0.2, -0.15) is 0 Å². The first-order chi connectivity index (χ1) is 12.7. The standard InChI is InChI=1S/C23H20N2O/c24-23(26)11-9-19-12-17(16-4-2-1-3-5-16)8-10-22(19)18-6-7-20-14-25-15-21(20)13-18/h1-8,10,12-14H,9,11,15H2,(H2,24,26). The molecule has 3 heteroatoms. The zero-order chi connectivity index (χ0) is 17.9. The molecular weight excluding hydrogens is 320 g/mol. The average Bonchev–Trinajstić information content (AvgIpc) is 3.14.